The summed E-state index contributed by atoms with van der Waals surface area (Å²) in [6.07, 6.45) is 0. The summed E-state index contributed by atoms with van der Waals surface area (Å²) < 4.78 is 0. The largest absolute Gasteiger partial charge is 0.350 e. The molecular formula is C34H28Cl2N4O2S2. The number of amidine groups is 1. The van der Waals surface area contributed by atoms with Gasteiger partial charge in [0, 0.05) is 40.1 Å². The Morgan fingerprint density at radius 2 is 1.27 bits per heavy atom. The summed E-state index contributed by atoms with van der Waals surface area (Å²) >= 11 is 15.8. The van der Waals surface area contributed by atoms with Gasteiger partial charge in [0.05, 0.1) is 18.1 Å². The van der Waals surface area contributed by atoms with Crippen molar-refractivity contribution < 1.29 is 9.59 Å². The Bertz CT molecular complexity index is 1780. The molecule has 2 atom stereocenters. The molecule has 0 aliphatic carbocycles. The highest BCUT2D eigenvalue weighted by Gasteiger charge is 2.36. The van der Waals surface area contributed by atoms with E-state index in [1.54, 1.807) is 23.5 Å². The Kier molecular flexibility index (Phi) is 8.33. The van der Waals surface area contributed by atoms with E-state index in [1.807, 2.05) is 82.6 Å². The zero-order chi connectivity index (χ0) is 30.2. The number of thioether (sulfide) groups is 2. The number of anilines is 2. The molecule has 0 saturated carbocycles. The van der Waals surface area contributed by atoms with Crippen molar-refractivity contribution in [3.05, 3.63) is 129 Å². The van der Waals surface area contributed by atoms with Crippen LogP contribution in [0, 0.1) is 0 Å². The van der Waals surface area contributed by atoms with Gasteiger partial charge in [-0.2, -0.15) is 0 Å². The number of benzene rings is 4. The average molecular weight is 660 g/mol. The lowest BCUT2D eigenvalue weighted by Gasteiger charge is -2.27. The Morgan fingerprint density at radius 3 is 1.89 bits per heavy atom. The second kappa shape index (κ2) is 12.5. The van der Waals surface area contributed by atoms with E-state index in [-0.39, 0.29) is 22.6 Å². The third-order valence-electron chi connectivity index (χ3n) is 7.88. The minimum absolute atomic E-state index is 0.0739. The zero-order valence-corrected chi connectivity index (χ0v) is 26.8. The number of rotatable bonds is 7. The Labute approximate surface area is 275 Å². The minimum atomic E-state index is -0.136. The highest BCUT2D eigenvalue weighted by molar-refractivity contribution is 8.01. The molecule has 2 saturated heterocycles. The van der Waals surface area contributed by atoms with Crippen molar-refractivity contribution in [3.63, 3.8) is 0 Å². The lowest BCUT2D eigenvalue weighted by atomic mass is 10.1. The van der Waals surface area contributed by atoms with Gasteiger partial charge in [-0.1, -0.05) is 71.7 Å². The van der Waals surface area contributed by atoms with Crippen LogP contribution in [-0.2, 0) is 16.1 Å². The van der Waals surface area contributed by atoms with Crippen molar-refractivity contribution in [1.29, 1.82) is 0 Å². The normalized spacial score (nSPS) is 20.1. The smallest absolute Gasteiger partial charge is 0.238 e. The fourth-order valence-corrected chi connectivity index (χ4v) is 8.68. The van der Waals surface area contributed by atoms with Crippen molar-refractivity contribution in [3.8, 4) is 0 Å². The molecule has 0 spiro atoms. The van der Waals surface area contributed by atoms with Crippen LogP contribution in [0.15, 0.2) is 102 Å². The lowest BCUT2D eigenvalue weighted by Crippen LogP contribution is -2.30. The van der Waals surface area contributed by atoms with Crippen molar-refractivity contribution in [1.82, 2.24) is 4.90 Å². The molecule has 44 heavy (non-hydrogen) atoms. The molecule has 3 heterocycles. The predicted octanol–water partition coefficient (Wildman–Crippen LogP) is 7.81. The number of nitrogens with zero attached hydrogens (tertiary/aromatic N) is 4. The van der Waals surface area contributed by atoms with Gasteiger partial charge in [-0.15, -0.1) is 23.5 Å². The van der Waals surface area contributed by atoms with Crippen LogP contribution in [-0.4, -0.2) is 47.1 Å². The highest BCUT2D eigenvalue weighted by atomic mass is 35.5. The summed E-state index contributed by atoms with van der Waals surface area (Å²) in [6.45, 7) is 2.13. The summed E-state index contributed by atoms with van der Waals surface area (Å²) in [4.78, 5) is 37.0. The van der Waals surface area contributed by atoms with Gasteiger partial charge in [0.15, 0.2) is 0 Å². The van der Waals surface area contributed by atoms with E-state index >= 15 is 0 Å². The third kappa shape index (κ3) is 5.84. The van der Waals surface area contributed by atoms with Gasteiger partial charge in [0.1, 0.15) is 16.6 Å². The van der Waals surface area contributed by atoms with Crippen molar-refractivity contribution >= 4 is 75.8 Å². The van der Waals surface area contributed by atoms with Crippen LogP contribution in [0.3, 0.4) is 0 Å². The van der Waals surface area contributed by atoms with Crippen LogP contribution in [0.25, 0.3) is 0 Å². The van der Waals surface area contributed by atoms with Crippen LogP contribution in [0.4, 0.5) is 11.4 Å². The van der Waals surface area contributed by atoms with Crippen LogP contribution >= 0.6 is 46.7 Å². The standard InChI is InChI=1S/C34H28Cl2N4O2S2/c35-26-9-2-7-24(16-26)33-39(30(41)20-43-33)28-11-1-5-22(15-28)19-38-14-13-37-32(38)23-6-4-12-29(18-23)40-31(42)21-44-34(40)25-8-3-10-27(36)17-25/h1-12,15-18,33-34H,13-14,19-21H2. The Balaban J connectivity index is 1.12. The molecule has 3 aliphatic rings. The van der Waals surface area contributed by atoms with Crippen LogP contribution in [0.5, 0.6) is 0 Å². The molecule has 7 rings (SSSR count). The van der Waals surface area contributed by atoms with E-state index in [9.17, 15) is 9.59 Å². The number of hydrogen-bond donors (Lipinski definition) is 0. The van der Waals surface area contributed by atoms with Crippen molar-refractivity contribution in [2.45, 2.75) is 17.3 Å². The summed E-state index contributed by atoms with van der Waals surface area (Å²) in [5, 5.41) is 1.06. The molecule has 3 aliphatic heterocycles. The Hall–Kier alpha value is -3.43. The molecule has 0 aromatic heterocycles. The van der Waals surface area contributed by atoms with E-state index in [0.29, 0.717) is 34.6 Å². The number of hydrogen-bond acceptors (Lipinski definition) is 6. The van der Waals surface area contributed by atoms with Gasteiger partial charge in [-0.3, -0.25) is 24.4 Å². The topological polar surface area (TPSA) is 56.2 Å². The van der Waals surface area contributed by atoms with Gasteiger partial charge >= 0.3 is 0 Å². The first-order valence-corrected chi connectivity index (χ1v) is 17.2. The van der Waals surface area contributed by atoms with E-state index in [1.165, 1.54) is 0 Å². The number of carbonyl (C=O) groups is 2. The van der Waals surface area contributed by atoms with Crippen molar-refractivity contribution in [2.24, 2.45) is 4.99 Å². The van der Waals surface area contributed by atoms with Crippen LogP contribution < -0.4 is 9.80 Å². The molecule has 2 fully saturated rings. The quantitative estimate of drug-likeness (QED) is 0.203. The predicted molar refractivity (Wildman–Crippen MR) is 183 cm³/mol. The number of aliphatic imine (C=N–C) groups is 1. The molecule has 2 amide bonds. The summed E-state index contributed by atoms with van der Waals surface area (Å²) in [5.41, 5.74) is 5.80. The molecule has 4 aromatic carbocycles. The van der Waals surface area contributed by atoms with Gasteiger partial charge in [0.2, 0.25) is 11.8 Å². The molecule has 0 radical (unpaired) electrons. The van der Waals surface area contributed by atoms with Crippen molar-refractivity contribution in [2.75, 3.05) is 34.4 Å². The molecule has 6 nitrogen and oxygen atoms in total. The van der Waals surface area contributed by atoms with Crippen LogP contribution in [0.1, 0.15) is 33.0 Å². The van der Waals surface area contributed by atoms with E-state index in [4.69, 9.17) is 28.2 Å². The summed E-state index contributed by atoms with van der Waals surface area (Å²) in [6, 6.07) is 31.7. The summed E-state index contributed by atoms with van der Waals surface area (Å²) in [7, 11) is 0. The second-order valence-corrected chi connectivity index (χ2v) is 13.8. The number of amides is 2. The van der Waals surface area contributed by atoms with Gasteiger partial charge < -0.3 is 4.90 Å². The molecule has 222 valence electrons. The lowest BCUT2D eigenvalue weighted by molar-refractivity contribution is -0.116. The Morgan fingerprint density at radius 1 is 0.705 bits per heavy atom. The molecule has 0 bridgehead atoms. The van der Waals surface area contributed by atoms with Gasteiger partial charge in [-0.25, -0.2) is 0 Å². The molecule has 2 unspecified atom stereocenters. The average Bonchev–Trinajstić information content (AvgIpc) is 3.76. The van der Waals surface area contributed by atoms with E-state index in [2.05, 4.69) is 29.2 Å². The minimum Gasteiger partial charge on any atom is -0.350 e. The maximum atomic E-state index is 13.1. The second-order valence-electron chi connectivity index (χ2n) is 10.8. The molecule has 10 heteroatoms. The van der Waals surface area contributed by atoms with E-state index in [0.717, 1.165) is 46.0 Å². The monoisotopic (exact) mass is 658 g/mol. The molecule has 4 aromatic rings. The fraction of sp³-hybridized carbons (Fsp3) is 0.206. The first kappa shape index (κ1) is 29.3. The maximum absolute atomic E-state index is 13.1. The SMILES string of the molecule is O=C1CSC(c2cccc(Cl)c2)N1c1cccc(CN2CCN=C2c2cccc(N3C(=O)CSC3c3cccc(Cl)c3)c2)c1. The first-order chi connectivity index (χ1) is 21.4. The third-order valence-corrected chi connectivity index (χ3v) is 10.8. The maximum Gasteiger partial charge on any atom is 0.238 e. The number of halogens is 2. The molecule has 0 N–H and O–H groups in total. The van der Waals surface area contributed by atoms with Gasteiger partial charge in [-0.05, 0) is 65.2 Å². The zero-order valence-electron chi connectivity index (χ0n) is 23.6. The van der Waals surface area contributed by atoms with Crippen LogP contribution in [0.2, 0.25) is 10.0 Å². The van der Waals surface area contributed by atoms with Gasteiger partial charge in [0.25, 0.3) is 0 Å². The molecular weight excluding hydrogens is 631 g/mol. The highest BCUT2D eigenvalue weighted by Crippen LogP contribution is 2.44. The summed E-state index contributed by atoms with van der Waals surface area (Å²) in [5.74, 6) is 1.91. The van der Waals surface area contributed by atoms with E-state index < -0.39 is 0 Å². The first-order valence-electron chi connectivity index (χ1n) is 14.3. The number of carbonyl (C=O) groups excluding carboxylic acids is 2. The fourth-order valence-electron chi connectivity index (χ4n) is 5.95.